The van der Waals surface area contributed by atoms with Crippen LogP contribution in [0, 0.1) is 5.92 Å². The fraction of sp³-hybridized carbons (Fsp3) is 0.500. The first-order valence-corrected chi connectivity index (χ1v) is 7.45. The van der Waals surface area contributed by atoms with Crippen molar-refractivity contribution in [2.45, 2.75) is 38.5 Å². The van der Waals surface area contributed by atoms with E-state index in [1.165, 1.54) is 12.8 Å². The molecule has 0 aliphatic heterocycles. The first-order valence-electron chi connectivity index (χ1n) is 7.45. The van der Waals surface area contributed by atoms with Gasteiger partial charge in [0.25, 0.3) is 0 Å². The Hall–Kier alpha value is -2.04. The number of primary amides is 1. The number of hydrogen-bond donors (Lipinski definition) is 2. The lowest BCUT2D eigenvalue weighted by Gasteiger charge is -2.13. The van der Waals surface area contributed by atoms with Crippen molar-refractivity contribution in [2.75, 3.05) is 11.9 Å². The zero-order valence-corrected chi connectivity index (χ0v) is 12.1. The molecule has 5 heteroatoms. The number of carbonyl (C=O) groups is 2. The van der Waals surface area contributed by atoms with Crippen LogP contribution in [0.3, 0.4) is 0 Å². The van der Waals surface area contributed by atoms with Crippen molar-refractivity contribution < 1.29 is 14.3 Å². The normalized spacial score (nSPS) is 14.9. The summed E-state index contributed by atoms with van der Waals surface area (Å²) in [5.41, 5.74) is 5.72. The molecule has 0 bridgehead atoms. The van der Waals surface area contributed by atoms with Crippen molar-refractivity contribution >= 4 is 17.5 Å². The number of anilines is 1. The van der Waals surface area contributed by atoms with Crippen molar-refractivity contribution in [1.29, 1.82) is 0 Å². The third-order valence-electron chi connectivity index (χ3n) is 3.72. The number of ether oxygens (including phenoxy) is 1. The lowest BCUT2D eigenvalue weighted by atomic mass is 10.0. The molecule has 0 unspecified atom stereocenters. The Morgan fingerprint density at radius 3 is 2.67 bits per heavy atom. The summed E-state index contributed by atoms with van der Waals surface area (Å²) in [5.74, 6) is 0.692. The zero-order valence-electron chi connectivity index (χ0n) is 12.1. The van der Waals surface area contributed by atoms with Crippen molar-refractivity contribution in [3.63, 3.8) is 0 Å². The number of nitrogens with one attached hydrogen (secondary N) is 1. The lowest BCUT2D eigenvalue weighted by Crippen LogP contribution is -2.17. The second-order valence-corrected chi connectivity index (χ2v) is 5.46. The van der Waals surface area contributed by atoms with Crippen LogP contribution >= 0.6 is 0 Å². The predicted molar refractivity (Wildman–Crippen MR) is 81.0 cm³/mol. The van der Waals surface area contributed by atoms with Crippen molar-refractivity contribution in [1.82, 2.24) is 0 Å². The molecule has 21 heavy (non-hydrogen) atoms. The molecule has 3 N–H and O–H groups in total. The molecule has 0 heterocycles. The molecule has 1 aromatic carbocycles. The highest BCUT2D eigenvalue weighted by atomic mass is 16.5. The van der Waals surface area contributed by atoms with E-state index in [9.17, 15) is 9.59 Å². The second-order valence-electron chi connectivity index (χ2n) is 5.46. The maximum absolute atomic E-state index is 12.1. The van der Waals surface area contributed by atoms with Gasteiger partial charge in [-0.3, -0.25) is 9.59 Å². The van der Waals surface area contributed by atoms with Crippen LogP contribution in [-0.2, 0) is 9.59 Å². The number of nitrogens with two attached hydrogens (primary N) is 1. The van der Waals surface area contributed by atoms with Gasteiger partial charge < -0.3 is 15.8 Å². The monoisotopic (exact) mass is 290 g/mol. The summed E-state index contributed by atoms with van der Waals surface area (Å²) < 4.78 is 5.50. The second kappa shape index (κ2) is 7.67. The van der Waals surface area contributed by atoms with E-state index in [1.807, 2.05) is 12.1 Å². The summed E-state index contributed by atoms with van der Waals surface area (Å²) >= 11 is 0. The van der Waals surface area contributed by atoms with Gasteiger partial charge in [-0.15, -0.1) is 0 Å². The average Bonchev–Trinajstić information content (AvgIpc) is 2.93. The predicted octanol–water partition coefficient (Wildman–Crippen LogP) is 2.46. The van der Waals surface area contributed by atoms with Gasteiger partial charge in [0.05, 0.1) is 18.7 Å². The summed E-state index contributed by atoms with van der Waals surface area (Å²) in [4.78, 5) is 22.8. The van der Waals surface area contributed by atoms with Crippen LogP contribution in [0.2, 0.25) is 0 Å². The topological polar surface area (TPSA) is 81.4 Å². The van der Waals surface area contributed by atoms with Gasteiger partial charge in [-0.05, 0) is 30.9 Å². The summed E-state index contributed by atoms with van der Waals surface area (Å²) in [6.07, 6.45) is 5.46. The Bertz CT molecular complexity index is 496. The SMILES string of the molecule is NC(=O)CCOc1ccccc1NC(=O)CC1CCCC1. The fourth-order valence-corrected chi connectivity index (χ4v) is 2.64. The lowest BCUT2D eigenvalue weighted by molar-refractivity contribution is -0.119. The van der Waals surface area contributed by atoms with Crippen LogP contribution in [0.25, 0.3) is 0 Å². The Balaban J connectivity index is 1.89. The molecule has 1 aliphatic rings. The van der Waals surface area contributed by atoms with Crippen molar-refractivity contribution in [3.8, 4) is 5.75 Å². The number of carbonyl (C=O) groups excluding carboxylic acids is 2. The van der Waals surface area contributed by atoms with Crippen LogP contribution in [-0.4, -0.2) is 18.4 Å². The van der Waals surface area contributed by atoms with Gasteiger partial charge in [-0.1, -0.05) is 25.0 Å². The Kier molecular flexibility index (Phi) is 5.60. The van der Waals surface area contributed by atoms with Crippen LogP contribution in [0.1, 0.15) is 38.5 Å². The minimum Gasteiger partial charge on any atom is -0.491 e. The smallest absolute Gasteiger partial charge is 0.224 e. The molecule has 114 valence electrons. The van der Waals surface area contributed by atoms with E-state index < -0.39 is 5.91 Å². The first kappa shape index (κ1) is 15.4. The van der Waals surface area contributed by atoms with Crippen LogP contribution < -0.4 is 15.8 Å². The molecule has 1 aliphatic carbocycles. The third-order valence-corrected chi connectivity index (χ3v) is 3.72. The number of benzene rings is 1. The Labute approximate surface area is 124 Å². The molecular formula is C16H22N2O3. The van der Waals surface area contributed by atoms with Crippen molar-refractivity contribution in [3.05, 3.63) is 24.3 Å². The molecule has 0 aromatic heterocycles. The quantitative estimate of drug-likeness (QED) is 0.809. The third kappa shape index (κ3) is 5.10. The highest BCUT2D eigenvalue weighted by Crippen LogP contribution is 2.29. The van der Waals surface area contributed by atoms with Gasteiger partial charge in [0.1, 0.15) is 5.75 Å². The summed E-state index contributed by atoms with van der Waals surface area (Å²) in [6, 6.07) is 7.23. The molecule has 2 amide bonds. The highest BCUT2D eigenvalue weighted by Gasteiger charge is 2.19. The molecule has 5 nitrogen and oxygen atoms in total. The van der Waals surface area contributed by atoms with Crippen LogP contribution in [0.4, 0.5) is 5.69 Å². The maximum Gasteiger partial charge on any atom is 0.224 e. The molecule has 1 saturated carbocycles. The summed E-state index contributed by atoms with van der Waals surface area (Å²) in [5, 5.41) is 2.90. The van der Waals surface area contributed by atoms with Crippen LogP contribution in [0.15, 0.2) is 24.3 Å². The highest BCUT2D eigenvalue weighted by molar-refractivity contribution is 5.92. The van der Waals surface area contributed by atoms with E-state index in [1.54, 1.807) is 12.1 Å². The van der Waals surface area contributed by atoms with Crippen molar-refractivity contribution in [2.24, 2.45) is 11.7 Å². The molecule has 0 saturated heterocycles. The zero-order chi connectivity index (χ0) is 15.1. The standard InChI is InChI=1S/C16H22N2O3/c17-15(19)9-10-21-14-8-4-3-7-13(14)18-16(20)11-12-5-1-2-6-12/h3-4,7-8,12H,1-2,5-6,9-11H2,(H2,17,19)(H,18,20). The molecular weight excluding hydrogens is 268 g/mol. The molecule has 1 fully saturated rings. The van der Waals surface area contributed by atoms with E-state index in [2.05, 4.69) is 5.32 Å². The molecule has 1 aromatic rings. The molecule has 0 atom stereocenters. The van der Waals surface area contributed by atoms with Gasteiger partial charge in [0, 0.05) is 6.42 Å². The largest absolute Gasteiger partial charge is 0.491 e. The van der Waals surface area contributed by atoms with Gasteiger partial charge in [-0.2, -0.15) is 0 Å². The minimum absolute atomic E-state index is 0.0212. The Morgan fingerprint density at radius 2 is 1.95 bits per heavy atom. The molecule has 0 spiro atoms. The number of para-hydroxylation sites is 2. The Morgan fingerprint density at radius 1 is 1.24 bits per heavy atom. The van der Waals surface area contributed by atoms with E-state index in [-0.39, 0.29) is 18.9 Å². The fourth-order valence-electron chi connectivity index (χ4n) is 2.64. The average molecular weight is 290 g/mol. The van der Waals surface area contributed by atoms with E-state index in [0.717, 1.165) is 12.8 Å². The minimum atomic E-state index is -0.405. The van der Waals surface area contributed by atoms with Gasteiger partial charge in [0.15, 0.2) is 0 Å². The summed E-state index contributed by atoms with van der Waals surface area (Å²) in [6.45, 7) is 0.213. The molecule has 0 radical (unpaired) electrons. The van der Waals surface area contributed by atoms with Gasteiger partial charge in [0.2, 0.25) is 11.8 Å². The van der Waals surface area contributed by atoms with Gasteiger partial charge in [-0.25, -0.2) is 0 Å². The number of rotatable bonds is 7. The van der Waals surface area contributed by atoms with Crippen LogP contribution in [0.5, 0.6) is 5.75 Å². The van der Waals surface area contributed by atoms with E-state index in [4.69, 9.17) is 10.5 Å². The first-order chi connectivity index (χ1) is 10.1. The number of amides is 2. The number of hydrogen-bond acceptors (Lipinski definition) is 3. The van der Waals surface area contributed by atoms with Gasteiger partial charge >= 0.3 is 0 Å². The molecule has 2 rings (SSSR count). The maximum atomic E-state index is 12.1. The van der Waals surface area contributed by atoms with E-state index in [0.29, 0.717) is 23.8 Å². The van der Waals surface area contributed by atoms with E-state index >= 15 is 0 Å². The summed E-state index contributed by atoms with van der Waals surface area (Å²) in [7, 11) is 0.